The zero-order valence-electron chi connectivity index (χ0n) is 10.3. The average molecular weight is 318 g/mol. The Hall–Kier alpha value is -1.56. The van der Waals surface area contributed by atoms with E-state index in [1.165, 1.54) is 12.2 Å². The van der Waals surface area contributed by atoms with Crippen LogP contribution in [0, 0.1) is 0 Å². The van der Waals surface area contributed by atoms with Gasteiger partial charge in [0.15, 0.2) is 0 Å². The lowest BCUT2D eigenvalue weighted by atomic mass is 10.2. The monoisotopic (exact) mass is 317 g/mol. The molecule has 5 nitrogen and oxygen atoms in total. The Morgan fingerprint density at radius 3 is 2.35 bits per heavy atom. The number of hydrogen-bond acceptors (Lipinski definition) is 3. The van der Waals surface area contributed by atoms with Gasteiger partial charge in [-0.05, 0) is 29.8 Å². The number of nitrogens with one attached hydrogen (secondary N) is 1. The van der Waals surface area contributed by atoms with E-state index in [0.29, 0.717) is 15.6 Å². The first-order valence-electron chi connectivity index (χ1n) is 5.70. The number of hydrogen-bond donors (Lipinski definition) is 3. The molecule has 0 aliphatic carbocycles. The van der Waals surface area contributed by atoms with E-state index in [9.17, 15) is 9.59 Å². The number of carboxylic acids is 1. The molecule has 108 valence electrons. The van der Waals surface area contributed by atoms with Gasteiger partial charge in [-0.25, -0.2) is 4.79 Å². The maximum Gasteiger partial charge on any atom is 0.326 e. The quantitative estimate of drug-likeness (QED) is 0.700. The van der Waals surface area contributed by atoms with Gasteiger partial charge in [0.25, 0.3) is 0 Å². The second-order valence-electron chi connectivity index (χ2n) is 3.95. The fourth-order valence-corrected chi connectivity index (χ4v) is 1.99. The van der Waals surface area contributed by atoms with Crippen molar-refractivity contribution >= 4 is 41.2 Å². The summed E-state index contributed by atoms with van der Waals surface area (Å²) in [5.41, 5.74) is 0.617. The first-order chi connectivity index (χ1) is 9.42. The third-order valence-electron chi connectivity index (χ3n) is 2.34. The number of aliphatic hydroxyl groups excluding tert-OH is 1. The SMILES string of the molecule is O=C(/C=C/c1cc(Cl)cc(Cl)c1)N[C@@H](CCO)C(=O)O. The van der Waals surface area contributed by atoms with Gasteiger partial charge >= 0.3 is 5.97 Å². The first kappa shape index (κ1) is 16.5. The van der Waals surface area contributed by atoms with Crippen LogP contribution in [0.15, 0.2) is 24.3 Å². The van der Waals surface area contributed by atoms with Gasteiger partial charge in [0, 0.05) is 29.1 Å². The minimum absolute atomic E-state index is 0.0576. The molecule has 0 radical (unpaired) electrons. The highest BCUT2D eigenvalue weighted by molar-refractivity contribution is 6.34. The van der Waals surface area contributed by atoms with Crippen LogP contribution < -0.4 is 5.32 Å². The number of aliphatic hydroxyl groups is 1. The summed E-state index contributed by atoms with van der Waals surface area (Å²) in [6, 6.07) is 3.65. The van der Waals surface area contributed by atoms with Gasteiger partial charge < -0.3 is 15.5 Å². The molecule has 3 N–H and O–H groups in total. The number of benzene rings is 1. The molecule has 0 spiro atoms. The third kappa shape index (κ3) is 5.61. The highest BCUT2D eigenvalue weighted by Crippen LogP contribution is 2.19. The van der Waals surface area contributed by atoms with E-state index < -0.39 is 17.9 Å². The van der Waals surface area contributed by atoms with Crippen LogP contribution in [0.1, 0.15) is 12.0 Å². The second kappa shape index (κ2) is 7.89. The lowest BCUT2D eigenvalue weighted by Crippen LogP contribution is -2.40. The number of aliphatic carboxylic acids is 1. The fourth-order valence-electron chi connectivity index (χ4n) is 1.45. The topological polar surface area (TPSA) is 86.6 Å². The van der Waals surface area contributed by atoms with Crippen LogP contribution >= 0.6 is 23.2 Å². The van der Waals surface area contributed by atoms with Gasteiger partial charge in [-0.2, -0.15) is 0 Å². The molecule has 0 saturated carbocycles. The molecule has 1 aromatic carbocycles. The van der Waals surface area contributed by atoms with Gasteiger partial charge in [0.2, 0.25) is 5.91 Å². The Kier molecular flexibility index (Phi) is 6.51. The number of amides is 1. The fraction of sp³-hybridized carbons (Fsp3) is 0.231. The second-order valence-corrected chi connectivity index (χ2v) is 4.82. The van der Waals surface area contributed by atoms with Crippen molar-refractivity contribution in [2.45, 2.75) is 12.5 Å². The van der Waals surface area contributed by atoms with Crippen LogP contribution in [0.3, 0.4) is 0 Å². The largest absolute Gasteiger partial charge is 0.480 e. The van der Waals surface area contributed by atoms with E-state index in [-0.39, 0.29) is 13.0 Å². The summed E-state index contributed by atoms with van der Waals surface area (Å²) in [7, 11) is 0. The molecule has 0 aliphatic heterocycles. The van der Waals surface area contributed by atoms with Crippen LogP contribution in [-0.2, 0) is 9.59 Å². The Morgan fingerprint density at radius 1 is 1.25 bits per heavy atom. The Morgan fingerprint density at radius 2 is 1.85 bits per heavy atom. The van der Waals surface area contributed by atoms with Crippen molar-refractivity contribution in [1.29, 1.82) is 0 Å². The minimum Gasteiger partial charge on any atom is -0.480 e. The Bertz CT molecular complexity index is 511. The van der Waals surface area contributed by atoms with Crippen LogP contribution in [-0.4, -0.2) is 34.7 Å². The Labute approximate surface area is 125 Å². The standard InChI is InChI=1S/C13H13Cl2NO4/c14-9-5-8(6-10(15)7-9)1-2-12(18)16-11(3-4-17)13(19)20/h1-2,5-7,11,17H,3-4H2,(H,16,18)(H,19,20)/b2-1+/t11-/m0/s1. The van der Waals surface area contributed by atoms with Crippen LogP contribution in [0.5, 0.6) is 0 Å². The molecule has 0 unspecified atom stereocenters. The molecule has 20 heavy (non-hydrogen) atoms. The predicted molar refractivity (Wildman–Crippen MR) is 76.8 cm³/mol. The van der Waals surface area contributed by atoms with E-state index in [4.69, 9.17) is 33.4 Å². The van der Waals surface area contributed by atoms with Crippen molar-refractivity contribution in [1.82, 2.24) is 5.32 Å². The number of carbonyl (C=O) groups excluding carboxylic acids is 1. The van der Waals surface area contributed by atoms with Crippen molar-refractivity contribution in [3.05, 3.63) is 39.9 Å². The number of rotatable bonds is 6. The average Bonchev–Trinajstić information content (AvgIpc) is 2.34. The van der Waals surface area contributed by atoms with Crippen molar-refractivity contribution in [3.8, 4) is 0 Å². The zero-order chi connectivity index (χ0) is 15.1. The summed E-state index contributed by atoms with van der Waals surface area (Å²) in [6.07, 6.45) is 2.58. The maximum absolute atomic E-state index is 11.6. The van der Waals surface area contributed by atoms with Crippen LogP contribution in [0.4, 0.5) is 0 Å². The normalized spacial score (nSPS) is 12.3. The van der Waals surface area contributed by atoms with Crippen LogP contribution in [0.2, 0.25) is 10.0 Å². The summed E-state index contributed by atoms with van der Waals surface area (Å²) < 4.78 is 0. The van der Waals surface area contributed by atoms with Crippen molar-refractivity contribution in [3.63, 3.8) is 0 Å². The summed E-state index contributed by atoms with van der Waals surface area (Å²) >= 11 is 11.6. The van der Waals surface area contributed by atoms with Crippen LogP contribution in [0.25, 0.3) is 6.08 Å². The molecule has 0 bridgehead atoms. The molecule has 1 aromatic rings. The highest BCUT2D eigenvalue weighted by Gasteiger charge is 2.17. The summed E-state index contributed by atoms with van der Waals surface area (Å²) in [4.78, 5) is 22.4. The summed E-state index contributed by atoms with van der Waals surface area (Å²) in [5.74, 6) is -1.78. The number of carbonyl (C=O) groups is 2. The van der Waals surface area contributed by atoms with Gasteiger partial charge in [-0.1, -0.05) is 23.2 Å². The maximum atomic E-state index is 11.6. The van der Waals surface area contributed by atoms with Gasteiger partial charge in [-0.15, -0.1) is 0 Å². The highest BCUT2D eigenvalue weighted by atomic mass is 35.5. The van der Waals surface area contributed by atoms with E-state index in [1.807, 2.05) is 0 Å². The van der Waals surface area contributed by atoms with E-state index in [1.54, 1.807) is 18.2 Å². The van der Waals surface area contributed by atoms with E-state index in [2.05, 4.69) is 5.32 Å². The molecule has 1 amide bonds. The predicted octanol–water partition coefficient (Wildman–Crippen LogP) is 1.96. The van der Waals surface area contributed by atoms with Crippen molar-refractivity contribution in [2.75, 3.05) is 6.61 Å². The molecule has 0 saturated heterocycles. The van der Waals surface area contributed by atoms with Crippen molar-refractivity contribution in [2.24, 2.45) is 0 Å². The smallest absolute Gasteiger partial charge is 0.326 e. The molecular formula is C13H13Cl2NO4. The minimum atomic E-state index is -1.20. The van der Waals surface area contributed by atoms with Crippen molar-refractivity contribution < 1.29 is 19.8 Å². The van der Waals surface area contributed by atoms with Gasteiger partial charge in [-0.3, -0.25) is 4.79 Å². The number of carboxylic acid groups (broad SMARTS) is 1. The lowest BCUT2D eigenvalue weighted by molar-refractivity contribution is -0.141. The first-order valence-corrected chi connectivity index (χ1v) is 6.46. The molecule has 0 heterocycles. The zero-order valence-corrected chi connectivity index (χ0v) is 11.9. The molecule has 0 fully saturated rings. The molecular weight excluding hydrogens is 305 g/mol. The van der Waals surface area contributed by atoms with Gasteiger partial charge in [0.05, 0.1) is 0 Å². The van der Waals surface area contributed by atoms with Gasteiger partial charge in [0.1, 0.15) is 6.04 Å². The third-order valence-corrected chi connectivity index (χ3v) is 2.78. The van der Waals surface area contributed by atoms with E-state index in [0.717, 1.165) is 0 Å². The molecule has 0 aromatic heterocycles. The molecule has 0 aliphatic rings. The van der Waals surface area contributed by atoms with E-state index >= 15 is 0 Å². The summed E-state index contributed by atoms with van der Waals surface area (Å²) in [5, 5.41) is 20.7. The molecule has 1 rings (SSSR count). The summed E-state index contributed by atoms with van der Waals surface area (Å²) in [6.45, 7) is -0.329. The Balaban J connectivity index is 2.69. The lowest BCUT2D eigenvalue weighted by Gasteiger charge is -2.11. The molecule has 1 atom stereocenters. The number of halogens is 2. The molecule has 7 heteroatoms.